The average molecular weight is 562 g/mol. The summed E-state index contributed by atoms with van der Waals surface area (Å²) in [6, 6.07) is 13.9. The van der Waals surface area contributed by atoms with Gasteiger partial charge in [-0.2, -0.15) is 4.42 Å². The van der Waals surface area contributed by atoms with Crippen LogP contribution < -0.4 is 0 Å². The Kier molecular flexibility index (Phi) is 8.87. The van der Waals surface area contributed by atoms with E-state index in [9.17, 15) is 22.0 Å². The van der Waals surface area contributed by atoms with E-state index in [4.69, 9.17) is 21.4 Å². The Labute approximate surface area is 218 Å². The van der Waals surface area contributed by atoms with Crippen molar-refractivity contribution < 1.29 is 31.6 Å². The number of sulfonamides is 1. The summed E-state index contributed by atoms with van der Waals surface area (Å²) in [7, 11) is -4.31. The van der Waals surface area contributed by atoms with E-state index >= 15 is 0 Å². The van der Waals surface area contributed by atoms with Crippen molar-refractivity contribution >= 4 is 40.0 Å². The number of hydroxylamine groups is 1. The highest BCUT2D eigenvalue weighted by atomic mass is 35.5. The molecule has 196 valence electrons. The van der Waals surface area contributed by atoms with Gasteiger partial charge in [0.05, 0.1) is 22.6 Å². The molecule has 2 aliphatic rings. The number of carbonyl (C=O) groups is 1. The highest BCUT2D eigenvalue weighted by Crippen LogP contribution is 2.41. The van der Waals surface area contributed by atoms with Gasteiger partial charge in [0.2, 0.25) is 0 Å². The largest absolute Gasteiger partial charge is 0.351 e. The fourth-order valence-electron chi connectivity index (χ4n) is 4.30. The van der Waals surface area contributed by atoms with E-state index in [0.29, 0.717) is 36.9 Å². The van der Waals surface area contributed by atoms with E-state index in [-0.39, 0.29) is 34.7 Å². The highest BCUT2D eigenvalue weighted by molar-refractivity contribution is 7.99. The molecule has 13 heteroatoms. The van der Waals surface area contributed by atoms with Crippen LogP contribution in [0.4, 0.5) is 8.78 Å². The Hall–Kier alpha value is -1.80. The number of likely N-dealkylation sites (tertiary alicyclic amines) is 1. The van der Waals surface area contributed by atoms with Gasteiger partial charge >= 0.3 is 6.47 Å². The van der Waals surface area contributed by atoms with E-state index in [1.165, 1.54) is 40.4 Å². The number of alkyl halides is 2. The molecular formula is C23H26ClF2N3O5S2. The summed E-state index contributed by atoms with van der Waals surface area (Å²) in [4.78, 5) is 18.4. The van der Waals surface area contributed by atoms with Crippen molar-refractivity contribution in [3.8, 4) is 0 Å². The average Bonchev–Trinajstić information content (AvgIpc) is 3.24. The molecule has 1 unspecified atom stereocenters. The van der Waals surface area contributed by atoms with Gasteiger partial charge in [0.15, 0.2) is 0 Å². The van der Waals surface area contributed by atoms with E-state index in [0.717, 1.165) is 5.56 Å². The second-order valence-corrected chi connectivity index (χ2v) is 11.6. The molecule has 36 heavy (non-hydrogen) atoms. The lowest BCUT2D eigenvalue weighted by Crippen LogP contribution is -2.61. The minimum absolute atomic E-state index is 0.0107. The van der Waals surface area contributed by atoms with Crippen LogP contribution >= 0.6 is 23.5 Å². The topological polar surface area (TPSA) is 79.4 Å². The van der Waals surface area contributed by atoms with Crippen LogP contribution in [-0.4, -0.2) is 65.3 Å². The lowest BCUT2D eigenvalue weighted by molar-refractivity contribution is -0.283. The van der Waals surface area contributed by atoms with E-state index in [1.54, 1.807) is 24.3 Å². The van der Waals surface area contributed by atoms with Gasteiger partial charge < -0.3 is 9.57 Å². The summed E-state index contributed by atoms with van der Waals surface area (Å²) in [5.74, 6) is -1.36. The molecule has 2 heterocycles. The van der Waals surface area contributed by atoms with Crippen molar-refractivity contribution in [1.82, 2.24) is 13.8 Å². The van der Waals surface area contributed by atoms with Crippen molar-refractivity contribution in [1.29, 1.82) is 0 Å². The quantitative estimate of drug-likeness (QED) is 0.185. The van der Waals surface area contributed by atoms with Crippen LogP contribution in [0.3, 0.4) is 0 Å². The van der Waals surface area contributed by atoms with Crippen molar-refractivity contribution in [2.45, 2.75) is 42.7 Å². The number of hydrogen-bond acceptors (Lipinski definition) is 8. The zero-order valence-electron chi connectivity index (χ0n) is 19.2. The number of benzene rings is 2. The highest BCUT2D eigenvalue weighted by Gasteiger charge is 2.56. The predicted octanol–water partition coefficient (Wildman–Crippen LogP) is 4.20. The molecule has 2 fully saturated rings. The maximum absolute atomic E-state index is 13.4. The number of hydrogen-bond donors (Lipinski definition) is 0. The normalized spacial score (nSPS) is 22.4. The molecule has 2 aliphatic heterocycles. The minimum Gasteiger partial charge on any atom is -0.351 e. The Balaban J connectivity index is 1.48. The molecule has 0 aromatic heterocycles. The van der Waals surface area contributed by atoms with Gasteiger partial charge in [-0.25, -0.2) is 17.2 Å². The SMILES string of the molecule is O=CON(C1(OC2CCN(Cc3cccc(C(F)F)c3)CC2)CSCN1Cl)S(=O)(=O)c1ccccc1. The fraction of sp³-hybridized carbons (Fsp3) is 0.435. The third-order valence-corrected chi connectivity index (χ3v) is 9.28. The maximum Gasteiger partial charge on any atom is 0.314 e. The van der Waals surface area contributed by atoms with Crippen LogP contribution in [0.5, 0.6) is 0 Å². The van der Waals surface area contributed by atoms with E-state index < -0.39 is 22.3 Å². The van der Waals surface area contributed by atoms with E-state index in [1.807, 2.05) is 6.07 Å². The summed E-state index contributed by atoms with van der Waals surface area (Å²) in [5, 5.41) is 0. The first-order chi connectivity index (χ1) is 17.3. The van der Waals surface area contributed by atoms with Crippen LogP contribution in [0.25, 0.3) is 0 Å². The first kappa shape index (κ1) is 27.2. The molecule has 2 aromatic rings. The van der Waals surface area contributed by atoms with Gasteiger partial charge in [-0.1, -0.05) is 36.4 Å². The third-order valence-electron chi connectivity index (χ3n) is 6.06. The van der Waals surface area contributed by atoms with Gasteiger partial charge in [0.1, 0.15) is 0 Å². The zero-order chi connectivity index (χ0) is 25.8. The van der Waals surface area contributed by atoms with E-state index in [2.05, 4.69) is 4.90 Å². The van der Waals surface area contributed by atoms with Crippen LogP contribution in [-0.2, 0) is 30.9 Å². The smallest absolute Gasteiger partial charge is 0.314 e. The number of thioether (sulfide) groups is 1. The number of piperidine rings is 1. The van der Waals surface area contributed by atoms with Gasteiger partial charge in [-0.05, 0) is 48.4 Å². The molecule has 0 saturated carbocycles. The van der Waals surface area contributed by atoms with Crippen molar-refractivity contribution in [2.75, 3.05) is 24.7 Å². The number of halogens is 3. The molecule has 0 bridgehead atoms. The Morgan fingerprint density at radius 3 is 2.50 bits per heavy atom. The van der Waals surface area contributed by atoms with Gasteiger partial charge in [-0.15, -0.1) is 11.8 Å². The van der Waals surface area contributed by atoms with Crippen molar-refractivity contribution in [3.05, 3.63) is 65.7 Å². The molecule has 0 radical (unpaired) electrons. The molecule has 2 saturated heterocycles. The number of ether oxygens (including phenoxy) is 1. The molecule has 1 atom stereocenters. The van der Waals surface area contributed by atoms with Crippen LogP contribution in [0.1, 0.15) is 30.4 Å². The monoisotopic (exact) mass is 561 g/mol. The first-order valence-corrected chi connectivity index (χ1v) is 14.2. The van der Waals surface area contributed by atoms with Crippen LogP contribution in [0.15, 0.2) is 59.5 Å². The lowest BCUT2D eigenvalue weighted by atomic mass is 10.1. The van der Waals surface area contributed by atoms with Crippen LogP contribution in [0.2, 0.25) is 0 Å². The van der Waals surface area contributed by atoms with Gasteiger partial charge in [0, 0.05) is 29.7 Å². The van der Waals surface area contributed by atoms with Crippen molar-refractivity contribution in [3.63, 3.8) is 0 Å². The molecule has 4 rings (SSSR count). The second kappa shape index (κ2) is 11.7. The van der Waals surface area contributed by atoms with Gasteiger partial charge in [0.25, 0.3) is 22.3 Å². The minimum atomic E-state index is -4.31. The first-order valence-electron chi connectivity index (χ1n) is 11.3. The maximum atomic E-state index is 13.4. The number of rotatable bonds is 10. The molecule has 0 spiro atoms. The lowest BCUT2D eigenvalue weighted by Gasteiger charge is -2.43. The van der Waals surface area contributed by atoms with Crippen molar-refractivity contribution in [2.24, 2.45) is 0 Å². The summed E-state index contributed by atoms with van der Waals surface area (Å²) in [6.45, 7) is 1.76. The number of carbonyl (C=O) groups excluding carboxylic acids is 1. The molecule has 0 amide bonds. The standard InChI is InChI=1S/C23H26ClF2N3O5S2/c24-28-16-35-15-23(28,29(33-17-30)36(31,32)21-7-2-1-3-8-21)34-20-9-11-27(12-10-20)14-18-5-4-6-19(13-18)22(25)26/h1-8,13,17,20,22H,9-12,14-16H2. The summed E-state index contributed by atoms with van der Waals surface area (Å²) < 4.78 is 61.0. The summed E-state index contributed by atoms with van der Waals surface area (Å²) >= 11 is 7.81. The second-order valence-electron chi connectivity index (χ2n) is 8.47. The zero-order valence-corrected chi connectivity index (χ0v) is 21.6. The third kappa shape index (κ3) is 5.85. The fourth-order valence-corrected chi connectivity index (χ4v) is 7.35. The molecule has 0 N–H and O–H groups in total. The molecular weight excluding hydrogens is 536 g/mol. The Morgan fingerprint density at radius 1 is 1.17 bits per heavy atom. The van der Waals surface area contributed by atoms with Gasteiger partial charge in [-0.3, -0.25) is 9.69 Å². The number of nitrogens with zero attached hydrogens (tertiary/aromatic N) is 3. The Bertz CT molecular complexity index is 1140. The molecule has 8 nitrogen and oxygen atoms in total. The Morgan fingerprint density at radius 2 is 1.89 bits per heavy atom. The molecule has 0 aliphatic carbocycles. The summed E-state index contributed by atoms with van der Waals surface area (Å²) in [6.07, 6.45) is -1.80. The molecule has 2 aromatic carbocycles. The predicted molar refractivity (Wildman–Crippen MR) is 131 cm³/mol. The van der Waals surface area contributed by atoms with Crippen LogP contribution in [0, 0.1) is 0 Å². The summed E-state index contributed by atoms with van der Waals surface area (Å²) in [5.41, 5.74) is 0.783.